The summed E-state index contributed by atoms with van der Waals surface area (Å²) in [5.41, 5.74) is 1.93. The summed E-state index contributed by atoms with van der Waals surface area (Å²) in [7, 11) is 0. The third-order valence-electron chi connectivity index (χ3n) is 5.09. The van der Waals surface area contributed by atoms with E-state index < -0.39 is 0 Å². The van der Waals surface area contributed by atoms with Crippen molar-refractivity contribution in [1.29, 1.82) is 0 Å². The van der Waals surface area contributed by atoms with Crippen LogP contribution < -0.4 is 10.2 Å². The second-order valence-electron chi connectivity index (χ2n) is 6.77. The van der Waals surface area contributed by atoms with Gasteiger partial charge in [0.25, 0.3) is 0 Å². The molecule has 3 rings (SSSR count). The zero-order valence-corrected chi connectivity index (χ0v) is 14.5. The average Bonchev–Trinajstić information content (AvgIpc) is 3.02. The van der Waals surface area contributed by atoms with Gasteiger partial charge in [-0.1, -0.05) is 19.1 Å². The van der Waals surface area contributed by atoms with E-state index in [0.29, 0.717) is 18.9 Å². The van der Waals surface area contributed by atoms with E-state index in [0.717, 1.165) is 56.7 Å². The molecule has 2 saturated heterocycles. The molecular weight excluding hydrogens is 302 g/mol. The van der Waals surface area contributed by atoms with Crippen LogP contribution in [0.4, 0.5) is 5.69 Å². The van der Waals surface area contributed by atoms with Crippen molar-refractivity contribution in [2.45, 2.75) is 45.1 Å². The summed E-state index contributed by atoms with van der Waals surface area (Å²) >= 11 is 0. The van der Waals surface area contributed by atoms with Crippen LogP contribution >= 0.6 is 0 Å². The van der Waals surface area contributed by atoms with Gasteiger partial charge in [0.2, 0.25) is 11.8 Å². The number of likely N-dealkylation sites (tertiary alicyclic amines) is 1. The summed E-state index contributed by atoms with van der Waals surface area (Å²) in [6.45, 7) is 6.21. The van der Waals surface area contributed by atoms with E-state index in [9.17, 15) is 9.59 Å². The highest BCUT2D eigenvalue weighted by molar-refractivity contribution is 5.95. The van der Waals surface area contributed by atoms with Crippen LogP contribution in [0.3, 0.4) is 0 Å². The molecule has 1 N–H and O–H groups in total. The predicted octanol–water partition coefficient (Wildman–Crippen LogP) is 1.96. The molecule has 5 heteroatoms. The predicted molar refractivity (Wildman–Crippen MR) is 95.0 cm³/mol. The molecule has 0 spiro atoms. The minimum Gasteiger partial charge on any atom is -0.353 e. The van der Waals surface area contributed by atoms with Crippen molar-refractivity contribution in [3.8, 4) is 0 Å². The number of anilines is 1. The first-order valence-electron chi connectivity index (χ1n) is 9.06. The lowest BCUT2D eigenvalue weighted by Gasteiger charge is -2.31. The van der Waals surface area contributed by atoms with E-state index in [-0.39, 0.29) is 11.8 Å². The number of nitrogens with zero attached hydrogens (tertiary/aromatic N) is 2. The van der Waals surface area contributed by atoms with E-state index in [1.54, 1.807) is 0 Å². The maximum absolute atomic E-state index is 12.2. The van der Waals surface area contributed by atoms with Crippen LogP contribution in [0.25, 0.3) is 0 Å². The smallest absolute Gasteiger partial charge is 0.227 e. The fourth-order valence-electron chi connectivity index (χ4n) is 3.57. The molecule has 2 amide bonds. The molecular formula is C19H27N3O2. The Labute approximate surface area is 144 Å². The first-order chi connectivity index (χ1) is 11.7. The molecule has 0 atom stereocenters. The zero-order valence-electron chi connectivity index (χ0n) is 14.5. The minimum atomic E-state index is 0.0925. The van der Waals surface area contributed by atoms with E-state index in [1.165, 1.54) is 0 Å². The molecule has 130 valence electrons. The Morgan fingerprint density at radius 3 is 2.46 bits per heavy atom. The number of hydrogen-bond acceptors (Lipinski definition) is 3. The summed E-state index contributed by atoms with van der Waals surface area (Å²) in [5.74, 6) is 0.286. The topological polar surface area (TPSA) is 52.7 Å². The second-order valence-corrected chi connectivity index (χ2v) is 6.77. The normalized spacial score (nSPS) is 19.7. The molecule has 5 nitrogen and oxygen atoms in total. The quantitative estimate of drug-likeness (QED) is 0.898. The van der Waals surface area contributed by atoms with Crippen LogP contribution in [-0.4, -0.2) is 48.9 Å². The van der Waals surface area contributed by atoms with Gasteiger partial charge in [0, 0.05) is 37.8 Å². The highest BCUT2D eigenvalue weighted by atomic mass is 16.2. The molecule has 0 radical (unpaired) electrons. The Hall–Kier alpha value is -1.88. The highest BCUT2D eigenvalue weighted by Gasteiger charge is 2.22. The Bertz CT molecular complexity index is 577. The molecule has 2 aliphatic heterocycles. The van der Waals surface area contributed by atoms with E-state index >= 15 is 0 Å². The molecule has 0 aliphatic carbocycles. The van der Waals surface area contributed by atoms with Crippen molar-refractivity contribution in [1.82, 2.24) is 10.2 Å². The van der Waals surface area contributed by atoms with Gasteiger partial charge in [0.05, 0.1) is 6.42 Å². The van der Waals surface area contributed by atoms with Crippen LogP contribution in [0.1, 0.15) is 38.2 Å². The summed E-state index contributed by atoms with van der Waals surface area (Å²) in [6.07, 6.45) is 4.05. The number of carbonyl (C=O) groups is 2. The number of carbonyl (C=O) groups excluding carboxylic acids is 2. The average molecular weight is 329 g/mol. The third-order valence-corrected chi connectivity index (χ3v) is 5.09. The summed E-state index contributed by atoms with van der Waals surface area (Å²) in [5, 5.41) is 3.16. The summed E-state index contributed by atoms with van der Waals surface area (Å²) < 4.78 is 0. The third kappa shape index (κ3) is 4.15. The fourth-order valence-corrected chi connectivity index (χ4v) is 3.57. The van der Waals surface area contributed by atoms with Gasteiger partial charge in [0.15, 0.2) is 0 Å². The highest BCUT2D eigenvalue weighted by Crippen LogP contribution is 2.21. The first-order valence-corrected chi connectivity index (χ1v) is 9.06. The lowest BCUT2D eigenvalue weighted by molar-refractivity contribution is -0.121. The van der Waals surface area contributed by atoms with Crippen molar-refractivity contribution >= 4 is 17.5 Å². The molecule has 2 heterocycles. The van der Waals surface area contributed by atoms with Crippen molar-refractivity contribution in [2.24, 2.45) is 0 Å². The van der Waals surface area contributed by atoms with Crippen LogP contribution in [0, 0.1) is 0 Å². The Kier molecular flexibility index (Phi) is 5.51. The monoisotopic (exact) mass is 329 g/mol. The van der Waals surface area contributed by atoms with E-state index in [2.05, 4.69) is 17.1 Å². The fraction of sp³-hybridized carbons (Fsp3) is 0.579. The molecule has 1 aromatic carbocycles. The van der Waals surface area contributed by atoms with Gasteiger partial charge >= 0.3 is 0 Å². The molecule has 0 saturated carbocycles. The number of piperidine rings is 1. The molecule has 2 aliphatic rings. The Morgan fingerprint density at radius 2 is 1.88 bits per heavy atom. The van der Waals surface area contributed by atoms with E-state index in [1.807, 2.05) is 29.2 Å². The Balaban J connectivity index is 1.49. The largest absolute Gasteiger partial charge is 0.353 e. The van der Waals surface area contributed by atoms with E-state index in [4.69, 9.17) is 0 Å². The van der Waals surface area contributed by atoms with Gasteiger partial charge in [-0.2, -0.15) is 0 Å². The zero-order chi connectivity index (χ0) is 16.9. The number of nitrogens with one attached hydrogen (secondary N) is 1. The maximum Gasteiger partial charge on any atom is 0.227 e. The maximum atomic E-state index is 12.2. The molecule has 24 heavy (non-hydrogen) atoms. The standard InChI is InChI=1S/C19H27N3O2/c1-2-21-12-9-16(10-13-21)20-18(23)14-15-5-7-17(8-6-15)22-11-3-4-19(22)24/h5-8,16H,2-4,9-14H2,1H3,(H,20,23). The number of rotatable bonds is 5. The number of amides is 2. The van der Waals surface area contributed by atoms with Gasteiger partial charge in [0.1, 0.15) is 0 Å². The molecule has 0 bridgehead atoms. The van der Waals surface area contributed by atoms with Crippen LogP contribution in [-0.2, 0) is 16.0 Å². The second kappa shape index (κ2) is 7.79. The first kappa shape index (κ1) is 17.0. The van der Waals surface area contributed by atoms with Gasteiger partial charge in [-0.05, 0) is 43.5 Å². The van der Waals surface area contributed by atoms with Gasteiger partial charge in [-0.15, -0.1) is 0 Å². The minimum absolute atomic E-state index is 0.0925. The van der Waals surface area contributed by atoms with Gasteiger partial charge in [-0.25, -0.2) is 0 Å². The summed E-state index contributed by atoms with van der Waals surface area (Å²) in [4.78, 5) is 28.2. The van der Waals surface area contributed by atoms with Crippen molar-refractivity contribution in [2.75, 3.05) is 31.1 Å². The van der Waals surface area contributed by atoms with Gasteiger partial charge < -0.3 is 15.1 Å². The molecule has 2 fully saturated rings. The molecule has 0 unspecified atom stereocenters. The van der Waals surface area contributed by atoms with Crippen molar-refractivity contribution < 1.29 is 9.59 Å². The lowest BCUT2D eigenvalue weighted by Crippen LogP contribution is -2.44. The SMILES string of the molecule is CCN1CCC(NC(=O)Cc2ccc(N3CCCC3=O)cc2)CC1. The Morgan fingerprint density at radius 1 is 1.17 bits per heavy atom. The molecule has 1 aromatic rings. The van der Waals surface area contributed by atoms with Crippen LogP contribution in [0.15, 0.2) is 24.3 Å². The van der Waals surface area contributed by atoms with Crippen molar-refractivity contribution in [3.63, 3.8) is 0 Å². The van der Waals surface area contributed by atoms with Crippen molar-refractivity contribution in [3.05, 3.63) is 29.8 Å². The van der Waals surface area contributed by atoms with Crippen LogP contribution in [0.2, 0.25) is 0 Å². The summed E-state index contributed by atoms with van der Waals surface area (Å²) in [6, 6.07) is 8.12. The van der Waals surface area contributed by atoms with Gasteiger partial charge in [-0.3, -0.25) is 9.59 Å². The number of hydrogen-bond donors (Lipinski definition) is 1. The molecule has 0 aromatic heterocycles. The number of benzene rings is 1. The lowest BCUT2D eigenvalue weighted by atomic mass is 10.0. The van der Waals surface area contributed by atoms with Crippen LogP contribution in [0.5, 0.6) is 0 Å².